The van der Waals surface area contributed by atoms with E-state index in [2.05, 4.69) is 21.2 Å². The predicted octanol–water partition coefficient (Wildman–Crippen LogP) is -0.202. The van der Waals surface area contributed by atoms with Crippen LogP contribution in [0.4, 0.5) is 0 Å². The van der Waals surface area contributed by atoms with E-state index in [0.29, 0.717) is 17.8 Å². The number of rotatable bonds is 5. The third kappa shape index (κ3) is 2.55. The highest BCUT2D eigenvalue weighted by Crippen LogP contribution is 2.33. The Balaban J connectivity index is 2.37. The summed E-state index contributed by atoms with van der Waals surface area (Å²) in [6.45, 7) is 0.728. The molecule has 2 rings (SSSR count). The molecule has 1 atom stereocenters. The highest BCUT2D eigenvalue weighted by Gasteiger charge is 2.39. The van der Waals surface area contributed by atoms with Gasteiger partial charge in [-0.25, -0.2) is 0 Å². The lowest BCUT2D eigenvalue weighted by Crippen LogP contribution is -2.30. The van der Waals surface area contributed by atoms with Crippen molar-refractivity contribution in [2.24, 2.45) is 0 Å². The van der Waals surface area contributed by atoms with Gasteiger partial charge in [0.15, 0.2) is 0 Å². The molecule has 98 valence electrons. The van der Waals surface area contributed by atoms with Crippen molar-refractivity contribution in [1.29, 1.82) is 0 Å². The molecule has 0 fully saturated rings. The van der Waals surface area contributed by atoms with Crippen molar-refractivity contribution in [3.05, 3.63) is 22.2 Å². The Labute approximate surface area is 114 Å². The minimum atomic E-state index is -0.996. The van der Waals surface area contributed by atoms with Crippen molar-refractivity contribution in [1.82, 2.24) is 5.32 Å². The van der Waals surface area contributed by atoms with E-state index in [-0.39, 0.29) is 19.3 Å². The minimum Gasteiger partial charge on any atom is -0.492 e. The van der Waals surface area contributed by atoms with Crippen LogP contribution >= 0.6 is 15.9 Å². The summed E-state index contributed by atoms with van der Waals surface area (Å²) in [6.07, 6.45) is -0.216. The monoisotopic (exact) mass is 315 g/mol. The molecule has 7 heteroatoms. The number of likely N-dealkylation sites (N-methyl/N-ethyl adjacent to an activating group) is 1. The Bertz CT molecular complexity index is 432. The first-order valence-electron chi connectivity index (χ1n) is 5.73. The number of ether oxygens (including phenoxy) is 1. The molecule has 1 aliphatic rings. The molecule has 0 spiro atoms. The van der Waals surface area contributed by atoms with Gasteiger partial charge in [0.2, 0.25) is 0 Å². The third-order valence-electron chi connectivity index (χ3n) is 2.79. The zero-order valence-corrected chi connectivity index (χ0v) is 11.6. The van der Waals surface area contributed by atoms with Crippen molar-refractivity contribution in [3.8, 4) is 5.75 Å². The molecule has 0 saturated heterocycles. The Morgan fingerprint density at radius 3 is 3.00 bits per heavy atom. The maximum Gasteiger partial charge on any atom is 0.495 e. The van der Waals surface area contributed by atoms with Gasteiger partial charge in [-0.2, -0.15) is 0 Å². The van der Waals surface area contributed by atoms with Crippen LogP contribution in [0.1, 0.15) is 11.7 Å². The number of hydrogen-bond acceptors (Lipinski definition) is 5. The van der Waals surface area contributed by atoms with Crippen LogP contribution in [0.2, 0.25) is 0 Å². The molecule has 0 amide bonds. The maximum absolute atomic E-state index is 9.97. The average molecular weight is 316 g/mol. The first-order chi connectivity index (χ1) is 8.69. The number of hydrogen-bond donors (Lipinski definition) is 3. The summed E-state index contributed by atoms with van der Waals surface area (Å²) < 4.78 is 11.8. The molecular formula is C11H15BBrNO4. The molecule has 3 N–H and O–H groups in total. The summed E-state index contributed by atoms with van der Waals surface area (Å²) in [6, 6.07) is 3.61. The van der Waals surface area contributed by atoms with Gasteiger partial charge in [-0.1, -0.05) is 15.9 Å². The molecular weight excluding hydrogens is 301 g/mol. The van der Waals surface area contributed by atoms with Crippen LogP contribution in [0.15, 0.2) is 16.6 Å². The Morgan fingerprint density at radius 1 is 1.56 bits per heavy atom. The van der Waals surface area contributed by atoms with Gasteiger partial charge in [0, 0.05) is 16.5 Å². The second-order valence-electron chi connectivity index (χ2n) is 3.98. The first-order valence-corrected chi connectivity index (χ1v) is 6.52. The van der Waals surface area contributed by atoms with Gasteiger partial charge in [0.1, 0.15) is 12.4 Å². The second-order valence-corrected chi connectivity index (χ2v) is 4.83. The second kappa shape index (κ2) is 6.03. The van der Waals surface area contributed by atoms with Gasteiger partial charge >= 0.3 is 7.12 Å². The van der Waals surface area contributed by atoms with E-state index in [1.54, 1.807) is 6.07 Å². The van der Waals surface area contributed by atoms with Crippen LogP contribution < -0.4 is 15.5 Å². The smallest absolute Gasteiger partial charge is 0.492 e. The molecule has 1 aliphatic heterocycles. The first kappa shape index (κ1) is 13.8. The van der Waals surface area contributed by atoms with Crippen LogP contribution in [-0.2, 0) is 4.65 Å². The van der Waals surface area contributed by atoms with Gasteiger partial charge < -0.3 is 24.8 Å². The number of aliphatic hydroxyl groups is 1. The normalized spacial score (nSPS) is 18.0. The standard InChI is InChI=1S/C11H15BBrNO4/c1-14-6-9-10-7(13)2-3-8(17-5-4-15)11(10)12(16)18-9/h2-3,9,14-16H,4-6H2,1H3. The van der Waals surface area contributed by atoms with Crippen molar-refractivity contribution in [2.75, 3.05) is 26.8 Å². The largest absolute Gasteiger partial charge is 0.495 e. The molecule has 5 nitrogen and oxygen atoms in total. The lowest BCUT2D eigenvalue weighted by atomic mass is 9.78. The highest BCUT2D eigenvalue weighted by atomic mass is 79.9. The van der Waals surface area contributed by atoms with E-state index in [0.717, 1.165) is 10.0 Å². The summed E-state index contributed by atoms with van der Waals surface area (Å²) >= 11 is 3.46. The van der Waals surface area contributed by atoms with Crippen molar-refractivity contribution >= 4 is 28.5 Å². The topological polar surface area (TPSA) is 71.0 Å². The van der Waals surface area contributed by atoms with Crippen molar-refractivity contribution in [3.63, 3.8) is 0 Å². The Hall–Kier alpha value is -0.595. The molecule has 0 radical (unpaired) electrons. The molecule has 0 aliphatic carbocycles. The molecule has 1 unspecified atom stereocenters. The van der Waals surface area contributed by atoms with Crippen LogP contribution in [0.25, 0.3) is 0 Å². The van der Waals surface area contributed by atoms with E-state index in [1.165, 1.54) is 0 Å². The fourth-order valence-electron chi connectivity index (χ4n) is 2.08. The Kier molecular flexibility index (Phi) is 4.63. The summed E-state index contributed by atoms with van der Waals surface area (Å²) in [4.78, 5) is 0. The van der Waals surface area contributed by atoms with Crippen molar-refractivity contribution in [2.45, 2.75) is 6.10 Å². The molecule has 18 heavy (non-hydrogen) atoms. The van der Waals surface area contributed by atoms with Gasteiger partial charge in [0.05, 0.1) is 12.7 Å². The quantitative estimate of drug-likeness (QED) is 0.656. The summed E-state index contributed by atoms with van der Waals surface area (Å²) in [5.41, 5.74) is 1.53. The number of fused-ring (bicyclic) bond motifs is 1. The average Bonchev–Trinajstić information content (AvgIpc) is 2.68. The maximum atomic E-state index is 9.97. The van der Waals surface area contributed by atoms with E-state index >= 15 is 0 Å². The van der Waals surface area contributed by atoms with E-state index < -0.39 is 7.12 Å². The molecule has 1 aromatic carbocycles. The van der Waals surface area contributed by atoms with Gasteiger partial charge in [0.25, 0.3) is 0 Å². The van der Waals surface area contributed by atoms with Crippen LogP contribution in [0, 0.1) is 0 Å². The number of nitrogens with one attached hydrogen (secondary N) is 1. The zero-order chi connectivity index (χ0) is 13.1. The van der Waals surface area contributed by atoms with Gasteiger partial charge in [-0.15, -0.1) is 0 Å². The van der Waals surface area contributed by atoms with Crippen molar-refractivity contribution < 1.29 is 19.5 Å². The van der Waals surface area contributed by atoms with Gasteiger partial charge in [-0.05, 0) is 24.7 Å². The predicted molar refractivity (Wildman–Crippen MR) is 72.1 cm³/mol. The lowest BCUT2D eigenvalue weighted by molar-refractivity contribution is 0.189. The van der Waals surface area contributed by atoms with Crippen LogP contribution in [0.5, 0.6) is 5.75 Å². The van der Waals surface area contributed by atoms with Gasteiger partial charge in [-0.3, -0.25) is 0 Å². The molecule has 1 heterocycles. The Morgan fingerprint density at radius 2 is 2.33 bits per heavy atom. The van der Waals surface area contributed by atoms with E-state index in [4.69, 9.17) is 14.5 Å². The number of halogens is 1. The molecule has 0 bridgehead atoms. The van der Waals surface area contributed by atoms with Crippen LogP contribution in [-0.4, -0.2) is 44.1 Å². The lowest BCUT2D eigenvalue weighted by Gasteiger charge is -2.14. The van der Waals surface area contributed by atoms with Crippen LogP contribution in [0.3, 0.4) is 0 Å². The number of benzene rings is 1. The number of aliphatic hydroxyl groups excluding tert-OH is 1. The summed E-state index contributed by atoms with van der Waals surface area (Å²) in [5.74, 6) is 0.549. The fraction of sp³-hybridized carbons (Fsp3) is 0.455. The zero-order valence-electron chi connectivity index (χ0n) is 10.0. The summed E-state index contributed by atoms with van der Waals surface area (Å²) in [5, 5.41) is 21.8. The SMILES string of the molecule is CNCC1OB(O)c2c(OCCO)ccc(Br)c21. The molecule has 0 saturated carbocycles. The molecule has 1 aromatic rings. The summed E-state index contributed by atoms with van der Waals surface area (Å²) in [7, 11) is 0.831. The fourth-order valence-corrected chi connectivity index (χ4v) is 2.68. The minimum absolute atomic E-state index is 0.0677. The third-order valence-corrected chi connectivity index (χ3v) is 3.49. The highest BCUT2D eigenvalue weighted by molar-refractivity contribution is 9.10. The van der Waals surface area contributed by atoms with E-state index in [1.807, 2.05) is 13.1 Å². The van der Waals surface area contributed by atoms with E-state index in [9.17, 15) is 5.02 Å². The molecule has 0 aromatic heterocycles.